The zero-order valence-electron chi connectivity index (χ0n) is 18.3. The van der Waals surface area contributed by atoms with Crippen molar-refractivity contribution in [3.8, 4) is 0 Å². The zero-order chi connectivity index (χ0) is 21.4. The first kappa shape index (κ1) is 20.3. The lowest BCUT2D eigenvalue weighted by molar-refractivity contribution is -0.110. The van der Waals surface area contributed by atoms with Crippen LogP contribution in [0.5, 0.6) is 0 Å². The van der Waals surface area contributed by atoms with Crippen LogP contribution in [-0.2, 0) is 11.2 Å². The SMILES string of the molecule is CCC1CCCc2[nH]c(C=C3C(=O)Nc4ccc(C(=O)CN5CCCCC5)cc43)cc21. The summed E-state index contributed by atoms with van der Waals surface area (Å²) in [5, 5.41) is 2.95. The van der Waals surface area contributed by atoms with E-state index < -0.39 is 0 Å². The lowest BCUT2D eigenvalue weighted by atomic mass is 9.85. The molecule has 5 nitrogen and oxygen atoms in total. The molecule has 0 spiro atoms. The van der Waals surface area contributed by atoms with Gasteiger partial charge in [0.1, 0.15) is 0 Å². The highest BCUT2D eigenvalue weighted by atomic mass is 16.2. The van der Waals surface area contributed by atoms with Crippen molar-refractivity contribution < 1.29 is 9.59 Å². The van der Waals surface area contributed by atoms with E-state index >= 15 is 0 Å². The summed E-state index contributed by atoms with van der Waals surface area (Å²) in [5.41, 5.74) is 6.63. The van der Waals surface area contributed by atoms with Gasteiger partial charge in [0, 0.05) is 28.2 Å². The molecule has 2 aliphatic heterocycles. The number of aromatic nitrogens is 1. The van der Waals surface area contributed by atoms with Gasteiger partial charge in [0.25, 0.3) is 5.91 Å². The summed E-state index contributed by atoms with van der Waals surface area (Å²) >= 11 is 0. The quantitative estimate of drug-likeness (QED) is 0.531. The Labute approximate surface area is 183 Å². The molecular weight excluding hydrogens is 386 g/mol. The van der Waals surface area contributed by atoms with E-state index in [0.29, 0.717) is 23.6 Å². The molecule has 0 bridgehead atoms. The first-order chi connectivity index (χ1) is 15.1. The van der Waals surface area contributed by atoms with Gasteiger partial charge in [-0.25, -0.2) is 0 Å². The number of hydrogen-bond donors (Lipinski definition) is 2. The highest BCUT2D eigenvalue weighted by molar-refractivity contribution is 6.35. The lowest BCUT2D eigenvalue weighted by Crippen LogP contribution is -2.34. The maximum absolute atomic E-state index is 12.9. The van der Waals surface area contributed by atoms with Crippen molar-refractivity contribution in [3.05, 3.63) is 52.3 Å². The fourth-order valence-electron chi connectivity index (χ4n) is 5.36. The van der Waals surface area contributed by atoms with Gasteiger partial charge in [-0.3, -0.25) is 14.5 Å². The standard InChI is InChI=1S/C26H31N3O2/c1-2-17-7-6-8-23-20(17)14-19(27-23)15-22-21-13-18(9-10-24(21)28-26(22)31)25(30)16-29-11-4-3-5-12-29/h9-10,13-15,17,27H,2-8,11-12,16H2,1H3,(H,28,31). The van der Waals surface area contributed by atoms with Gasteiger partial charge in [-0.2, -0.15) is 0 Å². The number of likely N-dealkylation sites (tertiary alicyclic amines) is 1. The smallest absolute Gasteiger partial charge is 0.256 e. The van der Waals surface area contributed by atoms with E-state index in [1.54, 1.807) is 0 Å². The maximum Gasteiger partial charge on any atom is 0.256 e. The number of ketones is 1. The highest BCUT2D eigenvalue weighted by Crippen LogP contribution is 2.37. The van der Waals surface area contributed by atoms with Crippen LogP contribution in [0.15, 0.2) is 24.3 Å². The normalized spacial score (nSPS) is 22.3. The number of aryl methyl sites for hydroxylation is 1. The number of benzene rings is 1. The van der Waals surface area contributed by atoms with E-state index in [1.165, 1.54) is 43.4 Å². The van der Waals surface area contributed by atoms with Crippen molar-refractivity contribution in [2.45, 2.75) is 57.8 Å². The van der Waals surface area contributed by atoms with Crippen molar-refractivity contribution in [2.75, 3.05) is 25.0 Å². The van der Waals surface area contributed by atoms with Crippen LogP contribution < -0.4 is 5.32 Å². The molecule has 1 aliphatic carbocycles. The van der Waals surface area contributed by atoms with Gasteiger partial charge in [0.15, 0.2) is 5.78 Å². The molecule has 162 valence electrons. The molecule has 5 rings (SSSR count). The largest absolute Gasteiger partial charge is 0.359 e. The van der Waals surface area contributed by atoms with Gasteiger partial charge in [-0.1, -0.05) is 13.3 Å². The Morgan fingerprint density at radius 1 is 1.16 bits per heavy atom. The van der Waals surface area contributed by atoms with Crippen molar-refractivity contribution in [1.29, 1.82) is 0 Å². The van der Waals surface area contributed by atoms with Crippen LogP contribution >= 0.6 is 0 Å². The third-order valence-electron chi connectivity index (χ3n) is 7.11. The number of aromatic amines is 1. The lowest BCUT2D eigenvalue weighted by Gasteiger charge is -2.25. The minimum atomic E-state index is -0.102. The molecule has 1 aromatic carbocycles. The fraction of sp³-hybridized carbons (Fsp3) is 0.462. The predicted molar refractivity (Wildman–Crippen MR) is 124 cm³/mol. The first-order valence-corrected chi connectivity index (χ1v) is 11.8. The summed E-state index contributed by atoms with van der Waals surface area (Å²) in [6.07, 6.45) is 10.2. The molecule has 1 saturated heterocycles. The molecule has 31 heavy (non-hydrogen) atoms. The van der Waals surface area contributed by atoms with Crippen molar-refractivity contribution >= 4 is 29.0 Å². The van der Waals surface area contributed by atoms with Gasteiger partial charge in [0.2, 0.25) is 0 Å². The molecule has 1 amide bonds. The van der Waals surface area contributed by atoms with Gasteiger partial charge >= 0.3 is 0 Å². The molecule has 1 fully saturated rings. The number of hydrogen-bond acceptors (Lipinski definition) is 3. The van der Waals surface area contributed by atoms with E-state index in [0.717, 1.165) is 42.9 Å². The molecule has 3 aliphatic rings. The summed E-state index contributed by atoms with van der Waals surface area (Å²) in [5.74, 6) is 0.635. The van der Waals surface area contributed by atoms with Crippen molar-refractivity contribution in [3.63, 3.8) is 0 Å². The molecule has 1 aromatic heterocycles. The summed E-state index contributed by atoms with van der Waals surface area (Å²) in [7, 11) is 0. The summed E-state index contributed by atoms with van der Waals surface area (Å²) < 4.78 is 0. The van der Waals surface area contributed by atoms with E-state index in [-0.39, 0.29) is 11.7 Å². The predicted octanol–water partition coefficient (Wildman–Crippen LogP) is 5.01. The van der Waals surface area contributed by atoms with Crippen LogP contribution in [0.25, 0.3) is 11.6 Å². The average molecular weight is 418 g/mol. The molecule has 0 saturated carbocycles. The Kier molecular flexibility index (Phi) is 5.53. The van der Waals surface area contributed by atoms with Crippen LogP contribution in [0.2, 0.25) is 0 Å². The van der Waals surface area contributed by atoms with Gasteiger partial charge in [-0.15, -0.1) is 0 Å². The van der Waals surface area contributed by atoms with E-state index in [4.69, 9.17) is 0 Å². The van der Waals surface area contributed by atoms with Gasteiger partial charge in [-0.05, 0) is 93.4 Å². The number of rotatable bonds is 5. The van der Waals surface area contributed by atoms with Gasteiger partial charge < -0.3 is 10.3 Å². The minimum Gasteiger partial charge on any atom is -0.359 e. The number of carbonyl (C=O) groups excluding carboxylic acids is 2. The summed E-state index contributed by atoms with van der Waals surface area (Å²) in [4.78, 5) is 31.4. The molecular formula is C26H31N3O2. The van der Waals surface area contributed by atoms with Crippen LogP contribution in [0.4, 0.5) is 5.69 Å². The minimum absolute atomic E-state index is 0.102. The number of anilines is 1. The first-order valence-electron chi connectivity index (χ1n) is 11.8. The average Bonchev–Trinajstić information content (AvgIpc) is 3.34. The topological polar surface area (TPSA) is 65.2 Å². The van der Waals surface area contributed by atoms with Crippen LogP contribution in [0.3, 0.4) is 0 Å². The second kappa shape index (κ2) is 8.46. The number of amides is 1. The molecule has 1 atom stereocenters. The van der Waals surface area contributed by atoms with Crippen LogP contribution in [0.1, 0.15) is 84.2 Å². The summed E-state index contributed by atoms with van der Waals surface area (Å²) in [6, 6.07) is 7.81. The Hall–Kier alpha value is -2.66. The molecule has 2 aromatic rings. The van der Waals surface area contributed by atoms with Crippen LogP contribution in [0, 0.1) is 0 Å². The van der Waals surface area contributed by atoms with Crippen molar-refractivity contribution in [2.24, 2.45) is 0 Å². The maximum atomic E-state index is 12.9. The number of H-pyrrole nitrogens is 1. The molecule has 5 heteroatoms. The Bertz CT molecular complexity index is 1040. The third-order valence-corrected chi connectivity index (χ3v) is 7.11. The fourth-order valence-corrected chi connectivity index (χ4v) is 5.36. The monoisotopic (exact) mass is 417 g/mol. The second-order valence-corrected chi connectivity index (χ2v) is 9.19. The highest BCUT2D eigenvalue weighted by Gasteiger charge is 2.27. The number of nitrogens with zero attached hydrogens (tertiary/aromatic N) is 1. The molecule has 1 unspecified atom stereocenters. The number of Topliss-reactive ketones (excluding diaryl/α,β-unsaturated/α-hetero) is 1. The Morgan fingerprint density at radius 2 is 2.00 bits per heavy atom. The molecule has 3 heterocycles. The van der Waals surface area contributed by atoms with Crippen molar-refractivity contribution in [1.82, 2.24) is 9.88 Å². The number of carbonyl (C=O) groups is 2. The Morgan fingerprint density at radius 3 is 2.81 bits per heavy atom. The van der Waals surface area contributed by atoms with E-state index in [9.17, 15) is 9.59 Å². The van der Waals surface area contributed by atoms with E-state index in [2.05, 4.69) is 28.2 Å². The van der Waals surface area contributed by atoms with Gasteiger partial charge in [0.05, 0.1) is 12.1 Å². The third kappa shape index (κ3) is 3.99. The van der Waals surface area contributed by atoms with Crippen LogP contribution in [-0.4, -0.2) is 41.2 Å². The number of fused-ring (bicyclic) bond motifs is 2. The number of piperidine rings is 1. The number of nitrogens with one attached hydrogen (secondary N) is 2. The Balaban J connectivity index is 1.42. The zero-order valence-corrected chi connectivity index (χ0v) is 18.3. The molecule has 0 radical (unpaired) electrons. The second-order valence-electron chi connectivity index (χ2n) is 9.19. The van der Waals surface area contributed by atoms with E-state index in [1.807, 2.05) is 24.3 Å². The summed E-state index contributed by atoms with van der Waals surface area (Å²) in [6.45, 7) is 4.70. The molecule has 2 N–H and O–H groups in total.